The van der Waals surface area contributed by atoms with Crippen molar-refractivity contribution < 1.29 is 0 Å². The van der Waals surface area contributed by atoms with E-state index in [0.717, 1.165) is 5.40 Å². The molecular weight excluding hydrogens is 122 g/mol. The van der Waals surface area contributed by atoms with Crippen LogP contribution in [-0.2, 0) is 0 Å². The van der Waals surface area contributed by atoms with Gasteiger partial charge in [0.05, 0.1) is 5.40 Å². The van der Waals surface area contributed by atoms with E-state index in [1.54, 1.807) is 15.7 Å². The lowest BCUT2D eigenvalue weighted by molar-refractivity contribution is 0.766. The maximum absolute atomic E-state index is 2.26. The van der Waals surface area contributed by atoms with Gasteiger partial charge in [0, 0.05) is 0 Å². The minimum absolute atomic E-state index is 1.10. The molecule has 1 rings (SSSR count). The fourth-order valence-corrected chi connectivity index (χ4v) is 2.22. The quantitative estimate of drug-likeness (QED) is 0.516. The molecule has 0 bridgehead atoms. The number of hydrogen-bond acceptors (Lipinski definition) is 0. The number of hydrogen-bond donors (Lipinski definition) is 0. The van der Waals surface area contributed by atoms with Crippen LogP contribution < -0.4 is 0 Å². The first-order chi connectivity index (χ1) is 3.43. The van der Waals surface area contributed by atoms with Gasteiger partial charge in [0.25, 0.3) is 0 Å². The summed E-state index contributed by atoms with van der Waals surface area (Å²) in [4.78, 5) is 0. The molecule has 0 radical (unpaired) electrons. The van der Waals surface area contributed by atoms with Gasteiger partial charge in [-0.15, -0.1) is 0 Å². The zero-order valence-corrected chi connectivity index (χ0v) is 6.38. The summed E-state index contributed by atoms with van der Waals surface area (Å²) >= 11 is 0. The molecule has 0 fully saturated rings. The van der Waals surface area contributed by atoms with Gasteiger partial charge in [0.15, 0.2) is 0 Å². The van der Waals surface area contributed by atoms with Gasteiger partial charge in [-0.05, 0) is 6.42 Å². The third kappa shape index (κ3) is 2.42. The van der Waals surface area contributed by atoms with Crippen LogP contribution in [0.25, 0.3) is 0 Å². The molecule has 0 atom stereocenters. The number of rotatable bonds is 3. The second kappa shape index (κ2) is 2.80. The Morgan fingerprint density at radius 2 is 2.14 bits per heavy atom. The highest BCUT2D eigenvalue weighted by Crippen LogP contribution is 2.50. The SMILES string of the molecule is CCCCC1P=P1. The first kappa shape index (κ1) is 5.73. The topological polar surface area (TPSA) is 0 Å². The first-order valence-electron chi connectivity index (χ1n) is 2.83. The van der Waals surface area contributed by atoms with Crippen LogP contribution in [0.5, 0.6) is 0 Å². The molecule has 0 amide bonds. The fraction of sp³-hybridized carbons (Fsp3) is 1.00. The van der Waals surface area contributed by atoms with Crippen LogP contribution in [0, 0.1) is 0 Å². The Morgan fingerprint density at radius 1 is 1.43 bits per heavy atom. The highest BCUT2D eigenvalue weighted by atomic mass is 31.8. The maximum atomic E-state index is 2.26. The van der Waals surface area contributed by atoms with Crippen LogP contribution in [0.3, 0.4) is 0 Å². The monoisotopic (exact) mass is 132 g/mol. The summed E-state index contributed by atoms with van der Waals surface area (Å²) in [5.41, 5.74) is 0. The summed E-state index contributed by atoms with van der Waals surface area (Å²) < 4.78 is 0. The molecule has 0 spiro atoms. The van der Waals surface area contributed by atoms with E-state index in [9.17, 15) is 0 Å². The summed E-state index contributed by atoms with van der Waals surface area (Å²) in [5, 5.41) is 1.10. The second-order valence-electron chi connectivity index (χ2n) is 1.85. The third-order valence-corrected chi connectivity index (χ3v) is 3.84. The van der Waals surface area contributed by atoms with Crippen molar-refractivity contribution in [1.82, 2.24) is 0 Å². The molecule has 0 nitrogen and oxygen atoms in total. The Labute approximate surface area is 48.1 Å². The normalized spacial score (nSPS) is 30.1. The minimum Gasteiger partial charge on any atom is -0.0654 e. The summed E-state index contributed by atoms with van der Waals surface area (Å²) in [5.74, 6) is 0. The molecule has 1 aliphatic rings. The Hall–Kier alpha value is 0.600. The van der Waals surface area contributed by atoms with Crippen molar-refractivity contribution in [2.45, 2.75) is 31.6 Å². The lowest BCUT2D eigenvalue weighted by atomic mass is 10.3. The van der Waals surface area contributed by atoms with Crippen molar-refractivity contribution >= 4 is 15.7 Å². The molecule has 1 aliphatic heterocycles. The molecule has 0 N–H and O–H groups in total. The van der Waals surface area contributed by atoms with Crippen LogP contribution in [-0.4, -0.2) is 5.40 Å². The molecular formula is C5H10P2. The molecule has 0 aromatic heterocycles. The van der Waals surface area contributed by atoms with E-state index in [4.69, 9.17) is 0 Å². The van der Waals surface area contributed by atoms with Crippen LogP contribution in [0.2, 0.25) is 0 Å². The minimum atomic E-state index is 1.10. The standard InChI is InChI=1S/C5H10P2/c1-2-3-4-5-6-7-5/h5H,2-4H2,1H3. The van der Waals surface area contributed by atoms with Gasteiger partial charge in [-0.1, -0.05) is 35.5 Å². The van der Waals surface area contributed by atoms with Crippen LogP contribution in [0.4, 0.5) is 0 Å². The van der Waals surface area contributed by atoms with Gasteiger partial charge in [-0.25, -0.2) is 0 Å². The van der Waals surface area contributed by atoms with E-state index >= 15 is 0 Å². The van der Waals surface area contributed by atoms with Gasteiger partial charge in [0.1, 0.15) is 0 Å². The average molecular weight is 132 g/mol. The third-order valence-electron chi connectivity index (χ3n) is 1.09. The second-order valence-corrected chi connectivity index (χ2v) is 5.36. The van der Waals surface area contributed by atoms with Crippen molar-refractivity contribution in [2.24, 2.45) is 0 Å². The highest BCUT2D eigenvalue weighted by molar-refractivity contribution is 8.02. The lowest BCUT2D eigenvalue weighted by Crippen LogP contribution is -1.76. The van der Waals surface area contributed by atoms with Crippen molar-refractivity contribution in [3.63, 3.8) is 0 Å². The van der Waals surface area contributed by atoms with Gasteiger partial charge in [0.2, 0.25) is 0 Å². The first-order valence-corrected chi connectivity index (χ1v) is 5.46. The molecule has 0 unspecified atom stereocenters. The highest BCUT2D eigenvalue weighted by Gasteiger charge is 2.10. The van der Waals surface area contributed by atoms with E-state index in [2.05, 4.69) is 6.92 Å². The molecule has 0 aromatic rings. The largest absolute Gasteiger partial charge is 0.0654 e. The Bertz CT molecular complexity index is 72.1. The molecule has 1 heterocycles. The van der Waals surface area contributed by atoms with E-state index in [-0.39, 0.29) is 0 Å². The van der Waals surface area contributed by atoms with Crippen LogP contribution >= 0.6 is 15.7 Å². The Morgan fingerprint density at radius 3 is 2.57 bits per heavy atom. The van der Waals surface area contributed by atoms with Crippen molar-refractivity contribution in [3.8, 4) is 0 Å². The molecule has 2 heteroatoms. The average Bonchev–Trinajstić information content (AvgIpc) is 2.42. The summed E-state index contributed by atoms with van der Waals surface area (Å²) in [6, 6.07) is 0. The molecule has 0 saturated heterocycles. The molecule has 0 aromatic carbocycles. The Kier molecular flexibility index (Phi) is 2.29. The maximum Gasteiger partial charge on any atom is 0.0508 e. The van der Waals surface area contributed by atoms with Crippen molar-refractivity contribution in [1.29, 1.82) is 0 Å². The van der Waals surface area contributed by atoms with E-state index in [0.29, 0.717) is 0 Å². The predicted octanol–water partition coefficient (Wildman–Crippen LogP) is 3.32. The van der Waals surface area contributed by atoms with Crippen molar-refractivity contribution in [2.75, 3.05) is 0 Å². The summed E-state index contributed by atoms with van der Waals surface area (Å²) in [6.07, 6.45) is 4.31. The van der Waals surface area contributed by atoms with E-state index in [1.165, 1.54) is 19.3 Å². The van der Waals surface area contributed by atoms with E-state index in [1.807, 2.05) is 0 Å². The van der Waals surface area contributed by atoms with Crippen LogP contribution in [0.15, 0.2) is 0 Å². The molecule has 7 heavy (non-hydrogen) atoms. The van der Waals surface area contributed by atoms with Gasteiger partial charge in [-0.2, -0.15) is 0 Å². The summed E-state index contributed by atoms with van der Waals surface area (Å²) in [6.45, 7) is 2.26. The molecule has 0 aliphatic carbocycles. The van der Waals surface area contributed by atoms with Crippen LogP contribution in [0.1, 0.15) is 26.2 Å². The number of unbranched alkanes of at least 4 members (excludes halogenated alkanes) is 1. The fourth-order valence-electron chi connectivity index (χ4n) is 0.549. The zero-order valence-electron chi connectivity index (χ0n) is 4.59. The smallest absolute Gasteiger partial charge is 0.0508 e. The van der Waals surface area contributed by atoms with Crippen molar-refractivity contribution in [3.05, 3.63) is 0 Å². The van der Waals surface area contributed by atoms with Gasteiger partial charge >= 0.3 is 0 Å². The predicted molar refractivity (Wildman–Crippen MR) is 37.2 cm³/mol. The Balaban J connectivity index is 1.81. The van der Waals surface area contributed by atoms with Gasteiger partial charge in [-0.3, -0.25) is 0 Å². The summed E-state index contributed by atoms with van der Waals surface area (Å²) in [7, 11) is 3.39. The molecule has 40 valence electrons. The zero-order chi connectivity index (χ0) is 5.11. The lowest BCUT2D eigenvalue weighted by Gasteiger charge is -1.88. The van der Waals surface area contributed by atoms with Gasteiger partial charge < -0.3 is 0 Å². The van der Waals surface area contributed by atoms with E-state index < -0.39 is 0 Å². The molecule has 0 saturated carbocycles.